The van der Waals surface area contributed by atoms with Gasteiger partial charge in [0.15, 0.2) is 5.69 Å². The van der Waals surface area contributed by atoms with Crippen molar-refractivity contribution in [2.75, 3.05) is 6.54 Å². The molecule has 0 atom stereocenters. The first kappa shape index (κ1) is 18.6. The van der Waals surface area contributed by atoms with E-state index in [1.807, 2.05) is 60.1 Å². The highest BCUT2D eigenvalue weighted by atomic mass is 16.2. The summed E-state index contributed by atoms with van der Waals surface area (Å²) in [6, 6.07) is 19.7. The number of carbonyl (C=O) groups is 1. The Morgan fingerprint density at radius 2 is 1.66 bits per heavy atom. The van der Waals surface area contributed by atoms with Crippen molar-refractivity contribution in [1.82, 2.24) is 30.1 Å². The highest BCUT2D eigenvalue weighted by molar-refractivity contribution is 5.91. The van der Waals surface area contributed by atoms with Crippen LogP contribution < -0.4 is 5.32 Å². The second-order valence-electron chi connectivity index (χ2n) is 6.75. The number of carbonyl (C=O) groups excluding carboxylic acids is 1. The first-order valence-corrected chi connectivity index (χ1v) is 9.49. The number of rotatable bonds is 6. The molecule has 0 aliphatic carbocycles. The van der Waals surface area contributed by atoms with Crippen LogP contribution in [0.4, 0.5) is 0 Å². The number of para-hydroxylation sites is 1. The van der Waals surface area contributed by atoms with Crippen molar-refractivity contribution in [2.45, 2.75) is 20.4 Å². The van der Waals surface area contributed by atoms with Gasteiger partial charge in [0.1, 0.15) is 0 Å². The Balaban J connectivity index is 1.40. The van der Waals surface area contributed by atoms with Crippen LogP contribution >= 0.6 is 0 Å². The van der Waals surface area contributed by atoms with Crippen LogP contribution in [0.3, 0.4) is 0 Å². The van der Waals surface area contributed by atoms with E-state index in [0.717, 1.165) is 28.2 Å². The van der Waals surface area contributed by atoms with Gasteiger partial charge in [0.25, 0.3) is 5.91 Å². The van der Waals surface area contributed by atoms with Gasteiger partial charge in [0, 0.05) is 17.8 Å². The summed E-state index contributed by atoms with van der Waals surface area (Å²) in [6.45, 7) is 5.09. The third-order valence-electron chi connectivity index (χ3n) is 4.76. The first-order valence-electron chi connectivity index (χ1n) is 9.49. The molecule has 0 spiro atoms. The number of nitrogens with zero attached hydrogens (tertiary/aromatic N) is 5. The average molecular weight is 386 g/mol. The predicted octanol–water partition coefficient (Wildman–Crippen LogP) is 3.18. The van der Waals surface area contributed by atoms with E-state index < -0.39 is 0 Å². The Labute approximate surface area is 169 Å². The SMILES string of the molecule is Cc1nn(CCNC(=O)c2cnn(-c3ccccc3)n2)c(C)c1-c1ccccc1. The summed E-state index contributed by atoms with van der Waals surface area (Å²) in [7, 11) is 0. The second kappa shape index (κ2) is 8.10. The Kier molecular flexibility index (Phi) is 5.20. The molecule has 0 saturated carbocycles. The zero-order chi connectivity index (χ0) is 20.2. The molecular formula is C22H22N6O. The molecule has 0 radical (unpaired) electrons. The monoisotopic (exact) mass is 386 g/mol. The molecule has 7 nitrogen and oxygen atoms in total. The lowest BCUT2D eigenvalue weighted by molar-refractivity contribution is 0.0946. The molecule has 0 fully saturated rings. The highest BCUT2D eigenvalue weighted by Gasteiger charge is 2.14. The van der Waals surface area contributed by atoms with Crippen LogP contribution in [0, 0.1) is 13.8 Å². The molecule has 146 valence electrons. The summed E-state index contributed by atoms with van der Waals surface area (Å²) < 4.78 is 1.93. The number of hydrogen-bond donors (Lipinski definition) is 1. The van der Waals surface area contributed by atoms with Crippen LogP contribution in [-0.2, 0) is 6.54 Å². The van der Waals surface area contributed by atoms with E-state index in [1.165, 1.54) is 11.0 Å². The molecule has 4 aromatic rings. The molecule has 2 heterocycles. The van der Waals surface area contributed by atoms with Crippen LogP contribution in [0.2, 0.25) is 0 Å². The van der Waals surface area contributed by atoms with E-state index in [-0.39, 0.29) is 11.6 Å². The van der Waals surface area contributed by atoms with E-state index in [1.54, 1.807) is 0 Å². The van der Waals surface area contributed by atoms with Gasteiger partial charge in [-0.25, -0.2) is 0 Å². The fourth-order valence-corrected chi connectivity index (χ4v) is 3.36. The van der Waals surface area contributed by atoms with Crippen LogP contribution in [0.25, 0.3) is 16.8 Å². The minimum absolute atomic E-state index is 0.253. The van der Waals surface area contributed by atoms with Crippen molar-refractivity contribution in [1.29, 1.82) is 0 Å². The molecule has 0 aliphatic rings. The lowest BCUT2D eigenvalue weighted by Gasteiger charge is -2.07. The summed E-state index contributed by atoms with van der Waals surface area (Å²) in [5.74, 6) is -0.253. The van der Waals surface area contributed by atoms with Crippen LogP contribution in [0.15, 0.2) is 66.9 Å². The van der Waals surface area contributed by atoms with Crippen molar-refractivity contribution < 1.29 is 4.79 Å². The zero-order valence-electron chi connectivity index (χ0n) is 16.4. The highest BCUT2D eigenvalue weighted by Crippen LogP contribution is 2.26. The summed E-state index contributed by atoms with van der Waals surface area (Å²) in [6.07, 6.45) is 1.47. The second-order valence-corrected chi connectivity index (χ2v) is 6.75. The molecule has 29 heavy (non-hydrogen) atoms. The number of nitrogens with one attached hydrogen (secondary N) is 1. The summed E-state index contributed by atoms with van der Waals surface area (Å²) in [4.78, 5) is 13.8. The maximum absolute atomic E-state index is 12.4. The Morgan fingerprint density at radius 3 is 2.38 bits per heavy atom. The van der Waals surface area contributed by atoms with Gasteiger partial charge < -0.3 is 5.32 Å². The fourth-order valence-electron chi connectivity index (χ4n) is 3.36. The molecule has 1 N–H and O–H groups in total. The maximum atomic E-state index is 12.4. The summed E-state index contributed by atoms with van der Waals surface area (Å²) in [5.41, 5.74) is 5.44. The standard InChI is InChI=1S/C22H22N6O/c1-16-21(18-9-5-3-6-10-18)17(2)27(25-16)14-13-23-22(29)20-15-24-28(26-20)19-11-7-4-8-12-19/h3-12,15H,13-14H2,1-2H3,(H,23,29). The van der Waals surface area contributed by atoms with Gasteiger partial charge in [-0.05, 0) is 31.5 Å². The predicted molar refractivity (Wildman–Crippen MR) is 111 cm³/mol. The van der Waals surface area contributed by atoms with Crippen molar-refractivity contribution >= 4 is 5.91 Å². The van der Waals surface area contributed by atoms with Gasteiger partial charge in [-0.3, -0.25) is 9.48 Å². The topological polar surface area (TPSA) is 77.6 Å². The number of benzene rings is 2. The third kappa shape index (κ3) is 3.94. The van der Waals surface area contributed by atoms with E-state index in [9.17, 15) is 4.79 Å². The van der Waals surface area contributed by atoms with E-state index in [2.05, 4.69) is 39.7 Å². The normalized spacial score (nSPS) is 10.8. The molecule has 0 unspecified atom stereocenters. The van der Waals surface area contributed by atoms with Crippen LogP contribution in [-0.4, -0.2) is 37.2 Å². The third-order valence-corrected chi connectivity index (χ3v) is 4.76. The molecule has 2 aromatic carbocycles. The number of aryl methyl sites for hydroxylation is 1. The molecule has 2 aromatic heterocycles. The molecule has 4 rings (SSSR count). The van der Waals surface area contributed by atoms with E-state index >= 15 is 0 Å². The summed E-state index contributed by atoms with van der Waals surface area (Å²) in [5, 5.41) is 15.9. The molecule has 1 amide bonds. The number of aromatic nitrogens is 5. The van der Waals surface area contributed by atoms with E-state index in [0.29, 0.717) is 13.1 Å². The summed E-state index contributed by atoms with van der Waals surface area (Å²) >= 11 is 0. The average Bonchev–Trinajstić information content (AvgIpc) is 3.34. The van der Waals surface area contributed by atoms with Gasteiger partial charge in [0.05, 0.1) is 24.1 Å². The first-order chi connectivity index (χ1) is 14.1. The lowest BCUT2D eigenvalue weighted by Crippen LogP contribution is -2.28. The van der Waals surface area contributed by atoms with Gasteiger partial charge >= 0.3 is 0 Å². The Bertz CT molecular complexity index is 1110. The number of hydrogen-bond acceptors (Lipinski definition) is 4. The van der Waals surface area contributed by atoms with Crippen molar-refractivity contribution in [2.24, 2.45) is 0 Å². The zero-order valence-corrected chi connectivity index (χ0v) is 16.4. The Morgan fingerprint density at radius 1 is 0.966 bits per heavy atom. The maximum Gasteiger partial charge on any atom is 0.273 e. The minimum Gasteiger partial charge on any atom is -0.349 e. The van der Waals surface area contributed by atoms with Gasteiger partial charge in [-0.15, -0.1) is 5.10 Å². The smallest absolute Gasteiger partial charge is 0.273 e. The van der Waals surface area contributed by atoms with E-state index in [4.69, 9.17) is 0 Å². The molecule has 0 bridgehead atoms. The Hall–Kier alpha value is -3.74. The van der Waals surface area contributed by atoms with Crippen LogP contribution in [0.5, 0.6) is 0 Å². The molecule has 0 aliphatic heterocycles. The van der Waals surface area contributed by atoms with Gasteiger partial charge in [-0.2, -0.15) is 15.0 Å². The van der Waals surface area contributed by atoms with Crippen LogP contribution in [0.1, 0.15) is 21.9 Å². The van der Waals surface area contributed by atoms with Crippen molar-refractivity contribution in [3.8, 4) is 16.8 Å². The molecule has 7 heteroatoms. The molecular weight excluding hydrogens is 364 g/mol. The van der Waals surface area contributed by atoms with Crippen molar-refractivity contribution in [3.63, 3.8) is 0 Å². The minimum atomic E-state index is -0.253. The molecule has 0 saturated heterocycles. The van der Waals surface area contributed by atoms with Crippen molar-refractivity contribution in [3.05, 3.63) is 83.9 Å². The largest absolute Gasteiger partial charge is 0.349 e. The van der Waals surface area contributed by atoms with Gasteiger partial charge in [-0.1, -0.05) is 48.5 Å². The quantitative estimate of drug-likeness (QED) is 0.552. The lowest BCUT2D eigenvalue weighted by atomic mass is 10.0. The number of amides is 1. The fraction of sp³-hybridized carbons (Fsp3) is 0.182. The van der Waals surface area contributed by atoms with Gasteiger partial charge in [0.2, 0.25) is 0 Å².